The Kier molecular flexibility index (Phi) is 8.05. The van der Waals surface area contributed by atoms with Crippen molar-refractivity contribution in [3.05, 3.63) is 93.8 Å². The molecule has 4 rings (SSSR count). The van der Waals surface area contributed by atoms with Crippen LogP contribution in [0.2, 0.25) is 0 Å². The maximum atomic E-state index is 14.2. The van der Waals surface area contributed by atoms with Crippen molar-refractivity contribution in [1.29, 1.82) is 0 Å². The lowest BCUT2D eigenvalue weighted by Gasteiger charge is -2.35. The summed E-state index contributed by atoms with van der Waals surface area (Å²) < 4.78 is 14.2. The van der Waals surface area contributed by atoms with Crippen molar-refractivity contribution < 1.29 is 9.50 Å². The number of benzene rings is 3. The summed E-state index contributed by atoms with van der Waals surface area (Å²) >= 11 is 0. The summed E-state index contributed by atoms with van der Waals surface area (Å²) in [6.07, 6.45) is 9.29. The third-order valence-corrected chi connectivity index (χ3v) is 9.01. The lowest BCUT2D eigenvalue weighted by atomic mass is 9.69. The van der Waals surface area contributed by atoms with Gasteiger partial charge in [-0.3, -0.25) is 0 Å². The van der Waals surface area contributed by atoms with Crippen LogP contribution >= 0.6 is 0 Å². The number of aliphatic hydroxyl groups is 1. The maximum absolute atomic E-state index is 14.2. The van der Waals surface area contributed by atoms with E-state index in [9.17, 15) is 9.50 Å². The van der Waals surface area contributed by atoms with Crippen LogP contribution in [-0.2, 0) is 11.8 Å². The molecule has 1 saturated carbocycles. The first-order valence-electron chi connectivity index (χ1n) is 13.9. The Morgan fingerprint density at radius 2 is 1.42 bits per heavy atom. The highest BCUT2D eigenvalue weighted by Crippen LogP contribution is 2.41. The normalized spacial score (nSPS) is 15.8. The predicted octanol–water partition coefficient (Wildman–Crippen LogP) is 9.15. The second kappa shape index (κ2) is 10.9. The largest absolute Gasteiger partial charge is 0.390 e. The maximum Gasteiger partial charge on any atom is 0.126 e. The Hall–Kier alpha value is -2.45. The van der Waals surface area contributed by atoms with Gasteiger partial charge in [-0.15, -0.1) is 0 Å². The van der Waals surface area contributed by atoms with Crippen LogP contribution in [0.1, 0.15) is 98.6 Å². The molecule has 0 radical (unpaired) electrons. The van der Waals surface area contributed by atoms with Gasteiger partial charge in [0, 0.05) is 5.41 Å². The molecular weight excluding hydrogens is 443 g/mol. The highest BCUT2D eigenvalue weighted by Gasteiger charge is 2.32. The minimum Gasteiger partial charge on any atom is -0.390 e. The molecule has 1 nitrogen and oxygen atoms in total. The molecule has 0 spiro atoms. The van der Waals surface area contributed by atoms with E-state index in [-0.39, 0.29) is 11.2 Å². The lowest BCUT2D eigenvalue weighted by Crippen LogP contribution is -2.31. The zero-order chi connectivity index (χ0) is 25.9. The van der Waals surface area contributed by atoms with Gasteiger partial charge in [-0.2, -0.15) is 0 Å². The van der Waals surface area contributed by atoms with Crippen molar-refractivity contribution in [3.8, 4) is 11.1 Å². The van der Waals surface area contributed by atoms with Crippen LogP contribution in [0.15, 0.2) is 54.6 Å². The van der Waals surface area contributed by atoms with Gasteiger partial charge < -0.3 is 5.11 Å². The van der Waals surface area contributed by atoms with Crippen molar-refractivity contribution >= 4 is 0 Å². The third-order valence-electron chi connectivity index (χ3n) is 9.01. The van der Waals surface area contributed by atoms with Gasteiger partial charge in [0.25, 0.3) is 0 Å². The molecule has 0 bridgehead atoms. The Bertz CT molecular complexity index is 1200. The van der Waals surface area contributed by atoms with Crippen molar-refractivity contribution in [2.24, 2.45) is 0 Å². The quantitative estimate of drug-likeness (QED) is 0.336. The molecule has 0 atom stereocenters. The number of hydrogen-bond donors (Lipinski definition) is 1. The highest BCUT2D eigenvalue weighted by molar-refractivity contribution is 5.68. The predicted molar refractivity (Wildman–Crippen MR) is 150 cm³/mol. The first kappa shape index (κ1) is 26.6. The Morgan fingerprint density at radius 3 is 2.00 bits per heavy atom. The van der Waals surface area contributed by atoms with Crippen LogP contribution in [0.25, 0.3) is 11.1 Å². The van der Waals surface area contributed by atoms with Crippen molar-refractivity contribution in [1.82, 2.24) is 0 Å². The summed E-state index contributed by atoms with van der Waals surface area (Å²) in [7, 11) is 0. The van der Waals surface area contributed by atoms with Gasteiger partial charge in [0.05, 0.1) is 5.60 Å². The molecular formula is C34H43FO. The zero-order valence-electron chi connectivity index (χ0n) is 22.9. The fourth-order valence-corrected chi connectivity index (χ4v) is 6.38. The Morgan fingerprint density at radius 1 is 0.778 bits per heavy atom. The Labute approximate surface area is 217 Å². The number of rotatable bonds is 8. The lowest BCUT2D eigenvalue weighted by molar-refractivity contribution is -0.00344. The molecule has 0 aromatic heterocycles. The molecule has 0 amide bonds. The second-order valence-electron chi connectivity index (χ2n) is 11.2. The van der Waals surface area contributed by atoms with E-state index in [1.54, 1.807) is 13.0 Å². The van der Waals surface area contributed by atoms with E-state index < -0.39 is 5.60 Å². The summed E-state index contributed by atoms with van der Waals surface area (Å²) in [5.74, 6) is -0.154. The average molecular weight is 487 g/mol. The van der Waals surface area contributed by atoms with Gasteiger partial charge in [-0.05, 0) is 110 Å². The number of hydrogen-bond acceptors (Lipinski definition) is 1. The summed E-state index contributed by atoms with van der Waals surface area (Å²) in [4.78, 5) is 0. The molecule has 0 aliphatic heterocycles. The van der Waals surface area contributed by atoms with Gasteiger partial charge in [-0.25, -0.2) is 4.39 Å². The van der Waals surface area contributed by atoms with Crippen molar-refractivity contribution in [3.63, 3.8) is 0 Å². The standard InChI is InChI=1S/C34H43FO/c1-6-34(7-2,30-15-16-31(26(5)22-30)28-12-11-24(3)32(35)23-28)29-14-13-27(25(4)21-29)17-20-33(36)18-9-8-10-19-33/h11-16,21-23,36H,6-10,17-20H2,1-5H3. The number of halogens is 1. The molecule has 1 fully saturated rings. The summed E-state index contributed by atoms with van der Waals surface area (Å²) in [6.45, 7) is 10.7. The van der Waals surface area contributed by atoms with Crippen LogP contribution in [-0.4, -0.2) is 10.7 Å². The smallest absolute Gasteiger partial charge is 0.126 e. The summed E-state index contributed by atoms with van der Waals surface area (Å²) in [5, 5.41) is 11.0. The van der Waals surface area contributed by atoms with E-state index in [1.807, 2.05) is 12.1 Å². The monoisotopic (exact) mass is 486 g/mol. The van der Waals surface area contributed by atoms with Crippen LogP contribution < -0.4 is 0 Å². The summed E-state index contributed by atoms with van der Waals surface area (Å²) in [5.41, 5.74) is 8.70. The first-order chi connectivity index (χ1) is 17.2. The molecule has 1 aliphatic carbocycles. The Balaban J connectivity index is 1.62. The van der Waals surface area contributed by atoms with Gasteiger partial charge in [0.15, 0.2) is 0 Å². The molecule has 2 heteroatoms. The van der Waals surface area contributed by atoms with Gasteiger partial charge in [-0.1, -0.05) is 81.6 Å². The van der Waals surface area contributed by atoms with E-state index in [0.717, 1.165) is 62.5 Å². The minimum absolute atomic E-state index is 0.0628. The van der Waals surface area contributed by atoms with Gasteiger partial charge >= 0.3 is 0 Å². The van der Waals surface area contributed by atoms with Crippen LogP contribution in [0.3, 0.4) is 0 Å². The molecule has 36 heavy (non-hydrogen) atoms. The molecule has 0 heterocycles. The van der Waals surface area contributed by atoms with Crippen molar-refractivity contribution in [2.45, 2.75) is 103 Å². The third kappa shape index (κ3) is 5.30. The van der Waals surface area contributed by atoms with E-state index in [1.165, 1.54) is 34.2 Å². The van der Waals surface area contributed by atoms with E-state index >= 15 is 0 Å². The average Bonchev–Trinajstić information content (AvgIpc) is 2.87. The molecule has 192 valence electrons. The van der Waals surface area contributed by atoms with Crippen LogP contribution in [0.4, 0.5) is 4.39 Å². The van der Waals surface area contributed by atoms with E-state index in [2.05, 4.69) is 64.1 Å². The number of aryl methyl sites for hydroxylation is 4. The van der Waals surface area contributed by atoms with E-state index in [4.69, 9.17) is 0 Å². The molecule has 3 aromatic carbocycles. The van der Waals surface area contributed by atoms with Gasteiger partial charge in [0.2, 0.25) is 0 Å². The van der Waals surface area contributed by atoms with Gasteiger partial charge in [0.1, 0.15) is 5.82 Å². The van der Waals surface area contributed by atoms with E-state index in [0.29, 0.717) is 5.56 Å². The SMILES string of the molecule is CCC(CC)(c1ccc(CCC2(O)CCCCC2)c(C)c1)c1ccc(-c2ccc(C)c(F)c2)c(C)c1. The second-order valence-corrected chi connectivity index (χ2v) is 11.2. The fourth-order valence-electron chi connectivity index (χ4n) is 6.38. The fraction of sp³-hybridized carbons (Fsp3) is 0.471. The molecule has 1 N–H and O–H groups in total. The van der Waals surface area contributed by atoms with Crippen molar-refractivity contribution in [2.75, 3.05) is 0 Å². The summed E-state index contributed by atoms with van der Waals surface area (Å²) in [6, 6.07) is 19.2. The highest BCUT2D eigenvalue weighted by atomic mass is 19.1. The molecule has 0 saturated heterocycles. The van der Waals surface area contributed by atoms with Crippen LogP contribution in [0, 0.1) is 26.6 Å². The molecule has 0 unspecified atom stereocenters. The molecule has 1 aliphatic rings. The van der Waals surface area contributed by atoms with Crippen LogP contribution in [0.5, 0.6) is 0 Å². The first-order valence-corrected chi connectivity index (χ1v) is 13.9. The zero-order valence-corrected chi connectivity index (χ0v) is 22.9. The topological polar surface area (TPSA) is 20.2 Å². The molecule has 3 aromatic rings. The minimum atomic E-state index is -0.473.